The average molecular weight is 369 g/mol. The number of nitrogens with two attached hydrogens (primary N) is 1. The molecule has 0 aromatic heterocycles. The first-order valence-corrected chi connectivity index (χ1v) is 9.46. The fourth-order valence-electron chi connectivity index (χ4n) is 6.10. The fourth-order valence-corrected chi connectivity index (χ4v) is 7.56. The van der Waals surface area contributed by atoms with Crippen molar-refractivity contribution in [1.29, 1.82) is 0 Å². The molecule has 0 spiro atoms. The molecule has 4 aliphatic carbocycles. The van der Waals surface area contributed by atoms with Crippen LogP contribution in [0, 0.1) is 23.2 Å². The minimum absolute atomic E-state index is 0.0390. The number of carbonyl (C=O) groups excluding carboxylic acids is 2. The highest BCUT2D eigenvalue weighted by atomic mass is 79.9. The van der Waals surface area contributed by atoms with Gasteiger partial charge in [0.25, 0.3) is 0 Å². The van der Waals surface area contributed by atoms with Gasteiger partial charge in [0.15, 0.2) is 0 Å². The number of nitrogens with zero attached hydrogens (tertiary/aromatic N) is 1. The third kappa shape index (κ3) is 2.31. The maximum atomic E-state index is 13.3. The van der Waals surface area contributed by atoms with Gasteiger partial charge in [-0.25, -0.2) is 0 Å². The first kappa shape index (κ1) is 15.0. The predicted octanol–water partition coefficient (Wildman–Crippen LogP) is 2.44. The highest BCUT2D eigenvalue weighted by Gasteiger charge is 2.60. The standard InChI is InChI=1S/C17H25BrN2O2/c18-17-8-11-5-12(9-17)7-16(6-11,10-17)15(22)20-3-1-13(2-4-20)14(19)21/h11-13H,1-10H2,(H2,19,21). The lowest BCUT2D eigenvalue weighted by Gasteiger charge is -2.60. The summed E-state index contributed by atoms with van der Waals surface area (Å²) >= 11 is 3.98. The third-order valence-electron chi connectivity index (χ3n) is 6.63. The Hall–Kier alpha value is -0.580. The summed E-state index contributed by atoms with van der Waals surface area (Å²) in [7, 11) is 0. The zero-order chi connectivity index (χ0) is 15.5. The first-order chi connectivity index (χ1) is 10.4. The molecular formula is C17H25BrN2O2. The van der Waals surface area contributed by atoms with E-state index in [2.05, 4.69) is 15.9 Å². The lowest BCUT2D eigenvalue weighted by Crippen LogP contribution is -2.59. The summed E-state index contributed by atoms with van der Waals surface area (Å²) in [5, 5.41) is 0. The molecule has 0 aromatic carbocycles. The highest BCUT2D eigenvalue weighted by Crippen LogP contribution is 2.64. The summed E-state index contributed by atoms with van der Waals surface area (Å²) in [5.74, 6) is 1.58. The lowest BCUT2D eigenvalue weighted by atomic mass is 9.49. The summed E-state index contributed by atoms with van der Waals surface area (Å²) < 4.78 is 0.221. The van der Waals surface area contributed by atoms with Crippen molar-refractivity contribution >= 4 is 27.7 Å². The van der Waals surface area contributed by atoms with Crippen LogP contribution in [0.25, 0.3) is 0 Å². The van der Waals surface area contributed by atoms with E-state index in [1.54, 1.807) is 0 Å². The van der Waals surface area contributed by atoms with Crippen LogP contribution in [0.5, 0.6) is 0 Å². The van der Waals surface area contributed by atoms with E-state index in [0.717, 1.165) is 43.9 Å². The third-order valence-corrected chi connectivity index (χ3v) is 7.56. The fraction of sp³-hybridized carbons (Fsp3) is 0.882. The first-order valence-electron chi connectivity index (χ1n) is 8.67. The van der Waals surface area contributed by atoms with E-state index in [9.17, 15) is 9.59 Å². The van der Waals surface area contributed by atoms with Crippen molar-refractivity contribution in [3.63, 3.8) is 0 Å². The molecule has 22 heavy (non-hydrogen) atoms. The summed E-state index contributed by atoms with van der Waals surface area (Å²) in [6.45, 7) is 1.41. The molecule has 1 heterocycles. The molecule has 2 amide bonds. The van der Waals surface area contributed by atoms with Crippen LogP contribution in [0.2, 0.25) is 0 Å². The number of hydrogen-bond acceptors (Lipinski definition) is 2. The number of likely N-dealkylation sites (tertiary alicyclic amines) is 1. The molecule has 4 bridgehead atoms. The molecule has 0 aromatic rings. The molecule has 5 aliphatic rings. The van der Waals surface area contributed by atoms with E-state index in [1.807, 2.05) is 4.90 Å². The van der Waals surface area contributed by atoms with E-state index in [-0.39, 0.29) is 21.6 Å². The van der Waals surface area contributed by atoms with Gasteiger partial charge in [-0.2, -0.15) is 0 Å². The van der Waals surface area contributed by atoms with Gasteiger partial charge in [0, 0.05) is 23.3 Å². The Kier molecular flexibility index (Phi) is 3.37. The zero-order valence-corrected chi connectivity index (χ0v) is 14.6. The number of amides is 2. The van der Waals surface area contributed by atoms with Crippen LogP contribution in [0.4, 0.5) is 0 Å². The van der Waals surface area contributed by atoms with Gasteiger partial charge in [-0.3, -0.25) is 9.59 Å². The van der Waals surface area contributed by atoms with Gasteiger partial charge in [-0.05, 0) is 63.2 Å². The summed E-state index contributed by atoms with van der Waals surface area (Å²) in [6.07, 6.45) is 8.50. The predicted molar refractivity (Wildman–Crippen MR) is 87.3 cm³/mol. The van der Waals surface area contributed by atoms with Crippen LogP contribution < -0.4 is 5.73 Å². The van der Waals surface area contributed by atoms with E-state index in [1.165, 1.54) is 19.3 Å². The largest absolute Gasteiger partial charge is 0.369 e. The normalized spacial score (nSPS) is 44.3. The molecule has 5 fully saturated rings. The molecule has 1 aliphatic heterocycles. The van der Waals surface area contributed by atoms with Crippen molar-refractivity contribution in [2.75, 3.05) is 13.1 Å². The van der Waals surface area contributed by atoms with Gasteiger partial charge < -0.3 is 10.6 Å². The van der Waals surface area contributed by atoms with Crippen molar-refractivity contribution in [3.05, 3.63) is 0 Å². The highest BCUT2D eigenvalue weighted by molar-refractivity contribution is 9.10. The number of carbonyl (C=O) groups is 2. The quantitative estimate of drug-likeness (QED) is 0.760. The smallest absolute Gasteiger partial charge is 0.228 e. The molecule has 0 radical (unpaired) electrons. The van der Waals surface area contributed by atoms with Gasteiger partial charge in [0.2, 0.25) is 11.8 Å². The van der Waals surface area contributed by atoms with E-state index in [4.69, 9.17) is 5.73 Å². The molecule has 2 N–H and O–H groups in total. The summed E-state index contributed by atoms with van der Waals surface area (Å²) in [4.78, 5) is 26.6. The Morgan fingerprint density at radius 1 is 1.05 bits per heavy atom. The minimum atomic E-state index is -0.207. The Morgan fingerprint density at radius 2 is 1.64 bits per heavy atom. The second-order valence-electron chi connectivity index (χ2n) is 8.36. The minimum Gasteiger partial charge on any atom is -0.369 e. The van der Waals surface area contributed by atoms with E-state index < -0.39 is 0 Å². The van der Waals surface area contributed by atoms with Gasteiger partial charge in [0.1, 0.15) is 0 Å². The number of halogens is 1. The van der Waals surface area contributed by atoms with Crippen molar-refractivity contribution in [1.82, 2.24) is 4.90 Å². The van der Waals surface area contributed by atoms with Crippen LogP contribution in [0.1, 0.15) is 51.4 Å². The van der Waals surface area contributed by atoms with Crippen LogP contribution in [-0.4, -0.2) is 34.1 Å². The molecule has 2 unspecified atom stereocenters. The van der Waals surface area contributed by atoms with Crippen molar-refractivity contribution in [3.8, 4) is 0 Å². The van der Waals surface area contributed by atoms with Gasteiger partial charge in [-0.15, -0.1) is 0 Å². The Bertz CT molecular complexity index is 499. The maximum Gasteiger partial charge on any atom is 0.228 e. The van der Waals surface area contributed by atoms with Crippen LogP contribution in [0.3, 0.4) is 0 Å². The second kappa shape index (κ2) is 4.96. The van der Waals surface area contributed by atoms with Crippen molar-refractivity contribution < 1.29 is 9.59 Å². The number of primary amides is 1. The van der Waals surface area contributed by atoms with Crippen LogP contribution in [0.15, 0.2) is 0 Å². The molecule has 2 atom stereocenters. The van der Waals surface area contributed by atoms with Crippen molar-refractivity contribution in [2.24, 2.45) is 28.9 Å². The summed E-state index contributed by atoms with van der Waals surface area (Å²) in [5.41, 5.74) is 5.29. The molecule has 4 nitrogen and oxygen atoms in total. The maximum absolute atomic E-state index is 13.3. The Labute approximate surface area is 140 Å². The molecular weight excluding hydrogens is 344 g/mol. The Balaban J connectivity index is 1.50. The monoisotopic (exact) mass is 368 g/mol. The zero-order valence-electron chi connectivity index (χ0n) is 13.0. The van der Waals surface area contributed by atoms with Crippen LogP contribution in [-0.2, 0) is 9.59 Å². The number of rotatable bonds is 2. The van der Waals surface area contributed by atoms with E-state index >= 15 is 0 Å². The average Bonchev–Trinajstić information content (AvgIpc) is 2.44. The number of piperidine rings is 1. The molecule has 5 rings (SSSR count). The van der Waals surface area contributed by atoms with E-state index in [0.29, 0.717) is 19.0 Å². The Morgan fingerprint density at radius 3 is 2.14 bits per heavy atom. The van der Waals surface area contributed by atoms with Gasteiger partial charge >= 0.3 is 0 Å². The topological polar surface area (TPSA) is 63.4 Å². The second-order valence-corrected chi connectivity index (χ2v) is 10.0. The summed E-state index contributed by atoms with van der Waals surface area (Å²) in [6, 6.07) is 0. The number of alkyl halides is 1. The van der Waals surface area contributed by atoms with Crippen LogP contribution >= 0.6 is 15.9 Å². The SMILES string of the molecule is NC(=O)C1CCN(C(=O)C23CC4CC(CC(Br)(C4)C2)C3)CC1. The number of hydrogen-bond donors (Lipinski definition) is 1. The lowest BCUT2D eigenvalue weighted by molar-refractivity contribution is -0.157. The van der Waals surface area contributed by atoms with Gasteiger partial charge in [-0.1, -0.05) is 15.9 Å². The molecule has 122 valence electrons. The molecule has 4 saturated carbocycles. The van der Waals surface area contributed by atoms with Gasteiger partial charge in [0.05, 0.1) is 5.41 Å². The molecule has 1 saturated heterocycles. The van der Waals surface area contributed by atoms with Crippen molar-refractivity contribution in [2.45, 2.75) is 55.7 Å². The molecule has 5 heteroatoms.